The molecule has 0 spiro atoms. The minimum absolute atomic E-state index is 0.0425. The number of halogens is 2. The van der Waals surface area contributed by atoms with Crippen LogP contribution >= 0.6 is 11.6 Å². The van der Waals surface area contributed by atoms with E-state index in [9.17, 15) is 14.0 Å². The summed E-state index contributed by atoms with van der Waals surface area (Å²) in [6.45, 7) is 0.339. The quantitative estimate of drug-likeness (QED) is 0.767. The van der Waals surface area contributed by atoms with Gasteiger partial charge in [-0.1, -0.05) is 17.7 Å². The maximum absolute atomic E-state index is 13.4. The fourth-order valence-corrected chi connectivity index (χ4v) is 1.61. The minimum atomic E-state index is -0.687. The summed E-state index contributed by atoms with van der Waals surface area (Å²) in [5, 5.41) is 5.02. The van der Waals surface area contributed by atoms with Crippen LogP contribution < -0.4 is 10.6 Å². The van der Waals surface area contributed by atoms with Crippen LogP contribution in [0.15, 0.2) is 18.2 Å². The molecule has 0 radical (unpaired) electrons. The first-order valence-electron chi connectivity index (χ1n) is 5.54. The van der Waals surface area contributed by atoms with Crippen LogP contribution in [0, 0.1) is 5.82 Å². The lowest BCUT2D eigenvalue weighted by Crippen LogP contribution is -2.36. The number of hydrogen-bond donors (Lipinski definition) is 2. The van der Waals surface area contributed by atoms with Gasteiger partial charge in [-0.15, -0.1) is 0 Å². The molecule has 0 aliphatic heterocycles. The maximum atomic E-state index is 13.4. The molecule has 2 N–H and O–H groups in total. The minimum Gasteiger partial charge on any atom is -0.375 e. The second kappa shape index (κ2) is 7.70. The lowest BCUT2D eigenvalue weighted by Gasteiger charge is -2.08. The zero-order valence-corrected chi connectivity index (χ0v) is 11.1. The molecule has 0 bridgehead atoms. The third kappa shape index (κ3) is 4.84. The number of rotatable bonds is 6. The molecule has 0 saturated carbocycles. The highest BCUT2D eigenvalue weighted by Gasteiger charge is 2.14. The van der Waals surface area contributed by atoms with Gasteiger partial charge in [0, 0.05) is 20.2 Å². The van der Waals surface area contributed by atoms with Gasteiger partial charge in [0.25, 0.3) is 5.91 Å². The predicted octanol–water partition coefficient (Wildman–Crippen LogP) is 0.972. The summed E-state index contributed by atoms with van der Waals surface area (Å²) < 4.78 is 18.0. The van der Waals surface area contributed by atoms with Crippen molar-refractivity contribution in [2.45, 2.75) is 0 Å². The van der Waals surface area contributed by atoms with Crippen molar-refractivity contribution in [3.8, 4) is 0 Å². The molecule has 0 unspecified atom stereocenters. The molecule has 0 atom stereocenters. The number of carbonyl (C=O) groups excluding carboxylic acids is 2. The molecule has 0 saturated heterocycles. The number of ether oxygens (including phenoxy) is 1. The SMILES string of the molecule is COCC(=O)NCCNC(=O)c1c(F)cccc1Cl. The molecular formula is C12H14ClFN2O3. The van der Waals surface area contributed by atoms with Crippen molar-refractivity contribution in [2.24, 2.45) is 0 Å². The molecule has 2 amide bonds. The molecule has 0 aliphatic rings. The Morgan fingerprint density at radius 3 is 2.63 bits per heavy atom. The Bertz CT molecular complexity index is 448. The van der Waals surface area contributed by atoms with Gasteiger partial charge in [-0.25, -0.2) is 4.39 Å². The summed E-state index contributed by atoms with van der Waals surface area (Å²) in [5.41, 5.74) is -0.201. The smallest absolute Gasteiger partial charge is 0.255 e. The lowest BCUT2D eigenvalue weighted by atomic mass is 10.2. The van der Waals surface area contributed by atoms with Crippen LogP contribution in [-0.2, 0) is 9.53 Å². The Morgan fingerprint density at radius 2 is 2.00 bits per heavy atom. The van der Waals surface area contributed by atoms with Gasteiger partial charge in [0.05, 0.1) is 10.6 Å². The Morgan fingerprint density at radius 1 is 1.32 bits per heavy atom. The summed E-state index contributed by atoms with van der Waals surface area (Å²) in [7, 11) is 1.40. The van der Waals surface area contributed by atoms with Gasteiger partial charge in [0.15, 0.2) is 0 Å². The van der Waals surface area contributed by atoms with Gasteiger partial charge in [-0.05, 0) is 12.1 Å². The molecule has 5 nitrogen and oxygen atoms in total. The highest BCUT2D eigenvalue weighted by Crippen LogP contribution is 2.18. The van der Waals surface area contributed by atoms with Crippen LogP contribution in [-0.4, -0.2) is 38.6 Å². The van der Waals surface area contributed by atoms with Gasteiger partial charge in [0.2, 0.25) is 5.91 Å². The average Bonchev–Trinajstić information content (AvgIpc) is 2.35. The van der Waals surface area contributed by atoms with E-state index in [4.69, 9.17) is 11.6 Å². The second-order valence-corrected chi connectivity index (χ2v) is 4.04. The third-order valence-electron chi connectivity index (χ3n) is 2.20. The van der Waals surface area contributed by atoms with E-state index in [0.29, 0.717) is 0 Å². The Balaban J connectivity index is 2.42. The first-order chi connectivity index (χ1) is 9.06. The highest BCUT2D eigenvalue weighted by atomic mass is 35.5. The number of hydrogen-bond acceptors (Lipinski definition) is 3. The lowest BCUT2D eigenvalue weighted by molar-refractivity contribution is -0.124. The van der Waals surface area contributed by atoms with E-state index in [-0.39, 0.29) is 36.2 Å². The molecule has 0 heterocycles. The molecule has 104 valence electrons. The van der Waals surface area contributed by atoms with Crippen LogP contribution in [0.5, 0.6) is 0 Å². The Kier molecular flexibility index (Phi) is 6.24. The van der Waals surface area contributed by atoms with Gasteiger partial charge in [-0.3, -0.25) is 9.59 Å². The van der Waals surface area contributed by atoms with Crippen molar-refractivity contribution in [1.82, 2.24) is 10.6 Å². The van der Waals surface area contributed by atoms with E-state index in [1.54, 1.807) is 0 Å². The zero-order chi connectivity index (χ0) is 14.3. The van der Waals surface area contributed by atoms with Crippen LogP contribution in [0.25, 0.3) is 0 Å². The van der Waals surface area contributed by atoms with Crippen LogP contribution in [0.3, 0.4) is 0 Å². The predicted molar refractivity (Wildman–Crippen MR) is 68.6 cm³/mol. The van der Waals surface area contributed by atoms with E-state index in [2.05, 4.69) is 15.4 Å². The third-order valence-corrected chi connectivity index (χ3v) is 2.51. The largest absolute Gasteiger partial charge is 0.375 e. The summed E-state index contributed by atoms with van der Waals surface area (Å²) in [6.07, 6.45) is 0. The van der Waals surface area contributed by atoms with E-state index in [0.717, 1.165) is 6.07 Å². The summed E-state index contributed by atoms with van der Waals surface area (Å²) >= 11 is 5.74. The van der Waals surface area contributed by atoms with Crippen molar-refractivity contribution < 1.29 is 18.7 Å². The van der Waals surface area contributed by atoms with Gasteiger partial charge >= 0.3 is 0 Å². The number of carbonyl (C=O) groups is 2. The van der Waals surface area contributed by atoms with Gasteiger partial charge in [0.1, 0.15) is 12.4 Å². The van der Waals surface area contributed by atoms with E-state index >= 15 is 0 Å². The average molecular weight is 289 g/mol. The molecule has 0 aromatic heterocycles. The first-order valence-corrected chi connectivity index (χ1v) is 5.92. The topological polar surface area (TPSA) is 67.4 Å². The number of benzene rings is 1. The second-order valence-electron chi connectivity index (χ2n) is 3.64. The monoisotopic (exact) mass is 288 g/mol. The van der Waals surface area contributed by atoms with Gasteiger partial charge < -0.3 is 15.4 Å². The molecule has 7 heteroatoms. The van der Waals surface area contributed by atoms with Crippen LogP contribution in [0.2, 0.25) is 5.02 Å². The highest BCUT2D eigenvalue weighted by molar-refractivity contribution is 6.33. The molecule has 1 aromatic rings. The fraction of sp³-hybridized carbons (Fsp3) is 0.333. The molecular weight excluding hydrogens is 275 g/mol. The van der Waals surface area contributed by atoms with Crippen LogP contribution in [0.4, 0.5) is 4.39 Å². The number of amides is 2. The van der Waals surface area contributed by atoms with E-state index < -0.39 is 11.7 Å². The first kappa shape index (κ1) is 15.4. The van der Waals surface area contributed by atoms with E-state index in [1.807, 2.05) is 0 Å². The van der Waals surface area contributed by atoms with Gasteiger partial charge in [-0.2, -0.15) is 0 Å². The summed E-state index contributed by atoms with van der Waals surface area (Å²) in [5.74, 6) is -1.60. The summed E-state index contributed by atoms with van der Waals surface area (Å²) in [4.78, 5) is 22.7. The van der Waals surface area contributed by atoms with Crippen molar-refractivity contribution in [1.29, 1.82) is 0 Å². The standard InChI is InChI=1S/C12H14ClFN2O3/c1-19-7-10(17)15-5-6-16-12(18)11-8(13)3-2-4-9(11)14/h2-4H,5-7H2,1H3,(H,15,17)(H,16,18). The molecule has 0 fully saturated rings. The molecule has 19 heavy (non-hydrogen) atoms. The Hall–Kier alpha value is -1.66. The number of methoxy groups -OCH3 is 1. The van der Waals surface area contributed by atoms with E-state index in [1.165, 1.54) is 19.2 Å². The van der Waals surface area contributed by atoms with Crippen LogP contribution in [0.1, 0.15) is 10.4 Å². The maximum Gasteiger partial charge on any atom is 0.255 e. The zero-order valence-electron chi connectivity index (χ0n) is 10.3. The fourth-order valence-electron chi connectivity index (χ4n) is 1.36. The van der Waals surface area contributed by atoms with Crippen molar-refractivity contribution in [3.05, 3.63) is 34.6 Å². The molecule has 0 aliphatic carbocycles. The number of nitrogens with one attached hydrogen (secondary N) is 2. The van der Waals surface area contributed by atoms with Crippen molar-refractivity contribution >= 4 is 23.4 Å². The molecule has 1 aromatic carbocycles. The van der Waals surface area contributed by atoms with Crippen molar-refractivity contribution in [3.63, 3.8) is 0 Å². The van der Waals surface area contributed by atoms with Crippen molar-refractivity contribution in [2.75, 3.05) is 26.8 Å². The normalized spacial score (nSPS) is 10.1. The molecule has 1 rings (SSSR count). The Labute approximate surface area is 115 Å². The summed E-state index contributed by atoms with van der Waals surface area (Å²) in [6, 6.07) is 4.00.